The van der Waals surface area contributed by atoms with Crippen molar-refractivity contribution in [2.24, 2.45) is 5.92 Å². The predicted octanol–water partition coefficient (Wildman–Crippen LogP) is 4.13. The van der Waals surface area contributed by atoms with Gasteiger partial charge in [0.25, 0.3) is 0 Å². The van der Waals surface area contributed by atoms with Crippen LogP contribution >= 0.6 is 0 Å². The largest absolute Gasteiger partial charge is 0.314 e. The van der Waals surface area contributed by atoms with Crippen molar-refractivity contribution in [1.29, 1.82) is 0 Å². The standard InChI is InChI=1S/C16H29N/c1-3-5-8-13-16(17-14-4-2)15-11-9-6-7-10-12-15/h15-17H,4,6-14H2,1-2H3. The summed E-state index contributed by atoms with van der Waals surface area (Å²) >= 11 is 0. The minimum Gasteiger partial charge on any atom is -0.314 e. The summed E-state index contributed by atoms with van der Waals surface area (Å²) in [5, 5.41) is 3.76. The first-order valence-corrected chi connectivity index (χ1v) is 7.51. The van der Waals surface area contributed by atoms with Crippen LogP contribution in [0, 0.1) is 17.8 Å². The molecule has 0 saturated heterocycles. The van der Waals surface area contributed by atoms with E-state index in [0.717, 1.165) is 12.3 Å². The van der Waals surface area contributed by atoms with E-state index < -0.39 is 0 Å². The second-order valence-corrected chi connectivity index (χ2v) is 5.28. The second kappa shape index (κ2) is 9.54. The average Bonchev–Trinajstić information content (AvgIpc) is 2.62. The summed E-state index contributed by atoms with van der Waals surface area (Å²) in [5.74, 6) is 7.14. The quantitative estimate of drug-likeness (QED) is 0.539. The summed E-state index contributed by atoms with van der Waals surface area (Å²) in [7, 11) is 0. The second-order valence-electron chi connectivity index (χ2n) is 5.28. The maximum atomic E-state index is 3.76. The van der Waals surface area contributed by atoms with Crippen molar-refractivity contribution in [3.8, 4) is 11.8 Å². The van der Waals surface area contributed by atoms with E-state index in [1.807, 2.05) is 6.92 Å². The van der Waals surface area contributed by atoms with Crippen LogP contribution in [0.1, 0.15) is 71.6 Å². The van der Waals surface area contributed by atoms with Gasteiger partial charge in [-0.1, -0.05) is 32.6 Å². The summed E-state index contributed by atoms with van der Waals surface area (Å²) in [4.78, 5) is 0. The van der Waals surface area contributed by atoms with Crippen molar-refractivity contribution >= 4 is 0 Å². The van der Waals surface area contributed by atoms with Crippen molar-refractivity contribution < 1.29 is 0 Å². The van der Waals surface area contributed by atoms with Crippen molar-refractivity contribution in [3.63, 3.8) is 0 Å². The molecule has 1 rings (SSSR count). The molecule has 1 saturated carbocycles. The highest BCUT2D eigenvalue weighted by atomic mass is 14.9. The van der Waals surface area contributed by atoms with Crippen LogP contribution in [0.2, 0.25) is 0 Å². The van der Waals surface area contributed by atoms with Crippen LogP contribution in [0.4, 0.5) is 0 Å². The monoisotopic (exact) mass is 235 g/mol. The lowest BCUT2D eigenvalue weighted by Gasteiger charge is -2.26. The molecule has 1 nitrogen and oxygen atoms in total. The fraction of sp³-hybridized carbons (Fsp3) is 0.875. The van der Waals surface area contributed by atoms with Crippen LogP contribution in [0.15, 0.2) is 0 Å². The predicted molar refractivity (Wildman–Crippen MR) is 76.0 cm³/mol. The smallest absolute Gasteiger partial charge is 0.0104 e. The molecule has 0 aromatic heterocycles. The van der Waals surface area contributed by atoms with Crippen LogP contribution in [-0.2, 0) is 0 Å². The summed E-state index contributed by atoms with van der Waals surface area (Å²) < 4.78 is 0. The third-order valence-electron chi connectivity index (χ3n) is 3.88. The van der Waals surface area contributed by atoms with Gasteiger partial charge in [-0.05, 0) is 45.1 Å². The molecule has 98 valence electrons. The summed E-state index contributed by atoms with van der Waals surface area (Å²) in [6, 6.07) is 0.717. The van der Waals surface area contributed by atoms with Gasteiger partial charge in [0.05, 0.1) is 0 Å². The van der Waals surface area contributed by atoms with Crippen LogP contribution in [0.3, 0.4) is 0 Å². The van der Waals surface area contributed by atoms with E-state index in [4.69, 9.17) is 0 Å². The minimum absolute atomic E-state index is 0.717. The van der Waals surface area contributed by atoms with Gasteiger partial charge in [-0.15, -0.1) is 11.8 Å². The first-order valence-electron chi connectivity index (χ1n) is 7.51. The number of nitrogens with one attached hydrogen (secondary N) is 1. The van der Waals surface area contributed by atoms with Crippen molar-refractivity contribution in [1.82, 2.24) is 5.32 Å². The van der Waals surface area contributed by atoms with E-state index in [-0.39, 0.29) is 0 Å². The van der Waals surface area contributed by atoms with Gasteiger partial charge in [-0.25, -0.2) is 0 Å². The molecule has 1 aliphatic rings. The van der Waals surface area contributed by atoms with Crippen LogP contribution in [0.25, 0.3) is 0 Å². The van der Waals surface area contributed by atoms with Crippen molar-refractivity contribution in [2.45, 2.75) is 77.7 Å². The number of rotatable bonds is 6. The Morgan fingerprint density at radius 1 is 1.18 bits per heavy atom. The molecule has 0 heterocycles. The molecule has 17 heavy (non-hydrogen) atoms. The molecule has 0 amide bonds. The molecule has 1 heteroatoms. The highest BCUT2D eigenvalue weighted by molar-refractivity contribution is 4.96. The Labute approximate surface area is 108 Å². The topological polar surface area (TPSA) is 12.0 Å². The zero-order valence-corrected chi connectivity index (χ0v) is 11.7. The number of hydrogen-bond donors (Lipinski definition) is 1. The normalized spacial score (nSPS) is 19.2. The van der Waals surface area contributed by atoms with Gasteiger partial charge in [0.2, 0.25) is 0 Å². The van der Waals surface area contributed by atoms with Crippen molar-refractivity contribution in [3.05, 3.63) is 0 Å². The Balaban J connectivity index is 2.42. The van der Waals surface area contributed by atoms with E-state index in [1.165, 1.54) is 57.9 Å². The maximum absolute atomic E-state index is 3.76. The van der Waals surface area contributed by atoms with Gasteiger partial charge in [0.1, 0.15) is 0 Å². The molecular weight excluding hydrogens is 206 g/mol. The molecule has 1 atom stereocenters. The third kappa shape index (κ3) is 6.13. The molecule has 0 aliphatic heterocycles. The first kappa shape index (κ1) is 14.6. The van der Waals surface area contributed by atoms with E-state index in [1.54, 1.807) is 0 Å². The molecule has 0 aromatic rings. The molecule has 1 N–H and O–H groups in total. The molecule has 0 aromatic carbocycles. The van der Waals surface area contributed by atoms with Crippen LogP contribution in [-0.4, -0.2) is 12.6 Å². The van der Waals surface area contributed by atoms with Gasteiger partial charge in [0, 0.05) is 12.5 Å². The van der Waals surface area contributed by atoms with Crippen LogP contribution < -0.4 is 5.32 Å². The Morgan fingerprint density at radius 2 is 1.88 bits per heavy atom. The molecular formula is C16H29N. The van der Waals surface area contributed by atoms with Gasteiger partial charge in [0.15, 0.2) is 0 Å². The Kier molecular flexibility index (Phi) is 8.18. The number of hydrogen-bond acceptors (Lipinski definition) is 1. The highest BCUT2D eigenvalue weighted by Gasteiger charge is 2.21. The molecule has 1 unspecified atom stereocenters. The summed E-state index contributed by atoms with van der Waals surface area (Å²) in [5.41, 5.74) is 0. The van der Waals surface area contributed by atoms with Gasteiger partial charge >= 0.3 is 0 Å². The van der Waals surface area contributed by atoms with E-state index in [2.05, 4.69) is 24.1 Å². The molecule has 0 spiro atoms. The third-order valence-corrected chi connectivity index (χ3v) is 3.88. The zero-order chi connectivity index (χ0) is 12.3. The maximum Gasteiger partial charge on any atom is 0.0104 e. The SMILES string of the molecule is CC#CCCC(NCCC)C1CCCCCC1. The Morgan fingerprint density at radius 3 is 2.47 bits per heavy atom. The molecule has 0 radical (unpaired) electrons. The fourth-order valence-corrected chi connectivity index (χ4v) is 2.90. The zero-order valence-electron chi connectivity index (χ0n) is 11.7. The lowest BCUT2D eigenvalue weighted by Crippen LogP contribution is -2.36. The summed E-state index contributed by atoms with van der Waals surface area (Å²) in [6.07, 6.45) is 12.2. The van der Waals surface area contributed by atoms with Gasteiger partial charge in [-0.3, -0.25) is 0 Å². The summed E-state index contributed by atoms with van der Waals surface area (Å²) in [6.45, 7) is 5.36. The molecule has 1 fully saturated rings. The Bertz CT molecular complexity index is 228. The Hall–Kier alpha value is -0.480. The average molecular weight is 235 g/mol. The lowest BCUT2D eigenvalue weighted by atomic mass is 9.89. The van der Waals surface area contributed by atoms with Gasteiger partial charge in [-0.2, -0.15) is 0 Å². The minimum atomic E-state index is 0.717. The van der Waals surface area contributed by atoms with Gasteiger partial charge < -0.3 is 5.32 Å². The molecule has 1 aliphatic carbocycles. The lowest BCUT2D eigenvalue weighted by molar-refractivity contribution is 0.307. The van der Waals surface area contributed by atoms with Crippen LogP contribution in [0.5, 0.6) is 0 Å². The fourth-order valence-electron chi connectivity index (χ4n) is 2.90. The molecule has 0 bridgehead atoms. The van der Waals surface area contributed by atoms with E-state index in [0.29, 0.717) is 6.04 Å². The first-order chi connectivity index (χ1) is 8.38. The van der Waals surface area contributed by atoms with Crippen molar-refractivity contribution in [2.75, 3.05) is 6.54 Å². The van der Waals surface area contributed by atoms with E-state index >= 15 is 0 Å². The highest BCUT2D eigenvalue weighted by Crippen LogP contribution is 2.27. The van der Waals surface area contributed by atoms with E-state index in [9.17, 15) is 0 Å².